The third-order valence-corrected chi connectivity index (χ3v) is 10.7. The first-order valence-electron chi connectivity index (χ1n) is 16.8. The molecular formula is C46H25NO2. The van der Waals surface area contributed by atoms with E-state index in [-0.39, 0.29) is 0 Å². The van der Waals surface area contributed by atoms with Crippen LogP contribution in [0.3, 0.4) is 0 Å². The summed E-state index contributed by atoms with van der Waals surface area (Å²) in [5, 5.41) is 9.36. The van der Waals surface area contributed by atoms with E-state index >= 15 is 0 Å². The van der Waals surface area contributed by atoms with Gasteiger partial charge in [-0.15, -0.1) is 0 Å². The summed E-state index contributed by atoms with van der Waals surface area (Å²) in [5.74, 6) is 0. The molecule has 0 N–H and O–H groups in total. The largest absolute Gasteiger partial charge is 0.452 e. The standard InChI is InChI=1S/C46H25NO2/c1-2-11-30-29(10-1)32-16-9-15-31-28(24-25-33(30)40(31)32)26-20-22-27(23-21-26)47-37-17-6-3-12-34(37)41-42-35-13-4-7-18-38(35)48-45(42)46-43(44(41)47)36-14-5-8-19-39(36)49-46/h1-25H. The summed E-state index contributed by atoms with van der Waals surface area (Å²) in [4.78, 5) is 0. The number of fused-ring (bicyclic) bond motifs is 15. The molecule has 0 amide bonds. The molecule has 3 heterocycles. The van der Waals surface area contributed by atoms with Crippen LogP contribution in [-0.2, 0) is 0 Å². The van der Waals surface area contributed by atoms with Crippen molar-refractivity contribution >= 4 is 76.5 Å². The van der Waals surface area contributed by atoms with E-state index in [1.54, 1.807) is 0 Å². The van der Waals surface area contributed by atoms with Gasteiger partial charge in [0.05, 0.1) is 16.4 Å². The van der Waals surface area contributed by atoms with Crippen molar-refractivity contribution in [3.05, 3.63) is 152 Å². The van der Waals surface area contributed by atoms with Crippen LogP contribution in [-0.4, -0.2) is 4.57 Å². The molecule has 0 aliphatic heterocycles. The van der Waals surface area contributed by atoms with Crippen LogP contribution in [0.5, 0.6) is 0 Å². The van der Waals surface area contributed by atoms with Crippen LogP contribution in [0, 0.1) is 0 Å². The minimum absolute atomic E-state index is 0.787. The lowest BCUT2D eigenvalue weighted by atomic mass is 9.94. The van der Waals surface area contributed by atoms with Gasteiger partial charge in [-0.1, -0.05) is 121 Å². The van der Waals surface area contributed by atoms with Crippen molar-refractivity contribution in [2.45, 2.75) is 0 Å². The Bertz CT molecular complexity index is 3180. The second kappa shape index (κ2) is 9.06. The highest BCUT2D eigenvalue weighted by Gasteiger charge is 2.27. The van der Waals surface area contributed by atoms with Gasteiger partial charge in [0, 0.05) is 32.6 Å². The molecule has 0 saturated heterocycles. The molecule has 8 aromatic carbocycles. The molecule has 0 saturated carbocycles. The zero-order valence-corrected chi connectivity index (χ0v) is 26.2. The molecule has 0 bridgehead atoms. The number of nitrogens with zero attached hydrogens (tertiary/aromatic N) is 1. The highest BCUT2D eigenvalue weighted by molar-refractivity contribution is 6.38. The SMILES string of the molecule is c1ccc2c(c1)-c1cccc3c(-c4ccc(-n5c6ccccc6c6c7c8ccccc8oc7c7oc8ccccc8c7c65)cc4)ccc-2c13. The molecule has 226 valence electrons. The Morgan fingerprint density at radius 3 is 1.65 bits per heavy atom. The van der Waals surface area contributed by atoms with E-state index in [4.69, 9.17) is 8.83 Å². The first-order valence-corrected chi connectivity index (χ1v) is 16.8. The molecule has 0 fully saturated rings. The Morgan fingerprint density at radius 2 is 0.898 bits per heavy atom. The van der Waals surface area contributed by atoms with E-state index in [9.17, 15) is 0 Å². The molecule has 0 spiro atoms. The molecule has 3 nitrogen and oxygen atoms in total. The zero-order chi connectivity index (χ0) is 31.8. The number of hydrogen-bond donors (Lipinski definition) is 0. The van der Waals surface area contributed by atoms with Gasteiger partial charge < -0.3 is 13.4 Å². The van der Waals surface area contributed by atoms with Crippen LogP contribution >= 0.6 is 0 Å². The predicted molar refractivity (Wildman–Crippen MR) is 203 cm³/mol. The van der Waals surface area contributed by atoms with Crippen LogP contribution in [0.25, 0.3) is 116 Å². The first kappa shape index (κ1) is 25.5. The summed E-state index contributed by atoms with van der Waals surface area (Å²) in [6, 6.07) is 54.5. The van der Waals surface area contributed by atoms with Gasteiger partial charge in [0.15, 0.2) is 11.2 Å². The molecule has 3 heteroatoms. The second-order valence-electron chi connectivity index (χ2n) is 13.2. The number of aromatic nitrogens is 1. The molecule has 11 aromatic rings. The fourth-order valence-electron chi connectivity index (χ4n) is 8.74. The van der Waals surface area contributed by atoms with Crippen molar-refractivity contribution in [3.63, 3.8) is 0 Å². The van der Waals surface area contributed by atoms with E-state index in [0.29, 0.717) is 0 Å². The van der Waals surface area contributed by atoms with Crippen LogP contribution in [0.15, 0.2) is 160 Å². The van der Waals surface area contributed by atoms with Crippen LogP contribution in [0.2, 0.25) is 0 Å². The molecular weight excluding hydrogens is 599 g/mol. The minimum Gasteiger partial charge on any atom is -0.452 e. The number of benzene rings is 8. The summed E-state index contributed by atoms with van der Waals surface area (Å²) in [5.41, 5.74) is 14.4. The Labute approximate surface area is 279 Å². The van der Waals surface area contributed by atoms with Gasteiger partial charge in [0.1, 0.15) is 11.2 Å². The summed E-state index contributed by atoms with van der Waals surface area (Å²) < 4.78 is 15.7. The van der Waals surface area contributed by atoms with Gasteiger partial charge >= 0.3 is 0 Å². The molecule has 0 unspecified atom stereocenters. The van der Waals surface area contributed by atoms with Crippen LogP contribution in [0.4, 0.5) is 0 Å². The monoisotopic (exact) mass is 623 g/mol. The van der Waals surface area contributed by atoms with Crippen molar-refractivity contribution < 1.29 is 8.83 Å². The van der Waals surface area contributed by atoms with Gasteiger partial charge in [-0.3, -0.25) is 0 Å². The molecule has 0 radical (unpaired) electrons. The molecule has 1 aliphatic rings. The Hall–Kier alpha value is -6.58. The van der Waals surface area contributed by atoms with Crippen molar-refractivity contribution in [2.75, 3.05) is 0 Å². The van der Waals surface area contributed by atoms with Gasteiger partial charge in [-0.25, -0.2) is 0 Å². The minimum atomic E-state index is 0.787. The lowest BCUT2D eigenvalue weighted by Gasteiger charge is -2.12. The Kier molecular flexibility index (Phi) is 4.72. The van der Waals surface area contributed by atoms with Crippen LogP contribution < -0.4 is 0 Å². The number of rotatable bonds is 2. The maximum absolute atomic E-state index is 6.65. The van der Waals surface area contributed by atoms with Crippen molar-refractivity contribution in [2.24, 2.45) is 0 Å². The normalized spacial score (nSPS) is 12.5. The van der Waals surface area contributed by atoms with Gasteiger partial charge in [-0.05, 0) is 74.5 Å². The fraction of sp³-hybridized carbons (Fsp3) is 0. The molecule has 1 aliphatic carbocycles. The molecule has 0 atom stereocenters. The summed E-state index contributed by atoms with van der Waals surface area (Å²) in [6.07, 6.45) is 0. The van der Waals surface area contributed by atoms with Gasteiger partial charge in [0.2, 0.25) is 0 Å². The topological polar surface area (TPSA) is 31.2 Å². The van der Waals surface area contributed by atoms with Crippen molar-refractivity contribution in [1.29, 1.82) is 0 Å². The van der Waals surface area contributed by atoms with E-state index < -0.39 is 0 Å². The smallest absolute Gasteiger partial charge is 0.180 e. The third kappa shape index (κ3) is 3.17. The maximum Gasteiger partial charge on any atom is 0.180 e. The Balaban J connectivity index is 1.16. The summed E-state index contributed by atoms with van der Waals surface area (Å²) >= 11 is 0. The summed E-state index contributed by atoms with van der Waals surface area (Å²) in [7, 11) is 0. The highest BCUT2D eigenvalue weighted by atomic mass is 16.4. The Morgan fingerprint density at radius 1 is 0.347 bits per heavy atom. The average Bonchev–Trinajstić information content (AvgIpc) is 3.91. The molecule has 3 aromatic heterocycles. The fourth-order valence-corrected chi connectivity index (χ4v) is 8.74. The van der Waals surface area contributed by atoms with Gasteiger partial charge in [-0.2, -0.15) is 0 Å². The number of furan rings is 2. The lowest BCUT2D eigenvalue weighted by Crippen LogP contribution is -1.94. The van der Waals surface area contributed by atoms with E-state index in [0.717, 1.165) is 60.6 Å². The average molecular weight is 624 g/mol. The number of hydrogen-bond acceptors (Lipinski definition) is 2. The van der Waals surface area contributed by atoms with Crippen LogP contribution in [0.1, 0.15) is 0 Å². The van der Waals surface area contributed by atoms with E-state index in [2.05, 4.69) is 132 Å². The second-order valence-corrected chi connectivity index (χ2v) is 13.2. The third-order valence-electron chi connectivity index (χ3n) is 10.7. The number of para-hydroxylation sites is 3. The quantitative estimate of drug-likeness (QED) is 0.192. The molecule has 12 rings (SSSR count). The predicted octanol–water partition coefficient (Wildman–Crippen LogP) is 13.1. The molecule has 49 heavy (non-hydrogen) atoms. The first-order chi connectivity index (χ1) is 24.3. The highest BCUT2D eigenvalue weighted by Crippen LogP contribution is 2.51. The summed E-state index contributed by atoms with van der Waals surface area (Å²) in [6.45, 7) is 0. The van der Waals surface area contributed by atoms with E-state index in [1.165, 1.54) is 54.9 Å². The maximum atomic E-state index is 6.65. The van der Waals surface area contributed by atoms with E-state index in [1.807, 2.05) is 24.3 Å². The van der Waals surface area contributed by atoms with Crippen molar-refractivity contribution in [1.82, 2.24) is 4.57 Å². The lowest BCUT2D eigenvalue weighted by molar-refractivity contribution is 0.633. The van der Waals surface area contributed by atoms with Gasteiger partial charge in [0.25, 0.3) is 0 Å². The zero-order valence-electron chi connectivity index (χ0n) is 26.2. The van der Waals surface area contributed by atoms with Crippen molar-refractivity contribution in [3.8, 4) is 39.1 Å².